The topological polar surface area (TPSA) is 70.2 Å². The summed E-state index contributed by atoms with van der Waals surface area (Å²) in [5.41, 5.74) is -0.661. The summed E-state index contributed by atoms with van der Waals surface area (Å²) in [6.07, 6.45) is 6.97. The van der Waals surface area contributed by atoms with Gasteiger partial charge in [-0.2, -0.15) is 0 Å². The summed E-state index contributed by atoms with van der Waals surface area (Å²) in [6, 6.07) is 1.32. The van der Waals surface area contributed by atoms with Crippen LogP contribution in [0.1, 0.15) is 44.0 Å². The quantitative estimate of drug-likeness (QED) is 0.612. The minimum absolute atomic E-state index is 0.131. The van der Waals surface area contributed by atoms with Gasteiger partial charge < -0.3 is 10.1 Å². The average molecular weight is 263 g/mol. The zero-order valence-electron chi connectivity index (χ0n) is 11.6. The van der Waals surface area contributed by atoms with Gasteiger partial charge >= 0.3 is 0 Å². The highest BCUT2D eigenvalue weighted by molar-refractivity contribution is 5.99. The molecule has 0 aromatic carbocycles. The number of hydrogen-bond donors (Lipinski definition) is 2. The van der Waals surface area contributed by atoms with Gasteiger partial charge in [0.2, 0.25) is 0 Å². The molecule has 0 bridgehead atoms. The van der Waals surface area contributed by atoms with E-state index in [1.54, 1.807) is 6.92 Å². The van der Waals surface area contributed by atoms with E-state index in [0.29, 0.717) is 12.3 Å². The molecule has 4 nitrogen and oxygen atoms in total. The second kappa shape index (κ2) is 6.92. The van der Waals surface area contributed by atoms with Crippen LogP contribution >= 0.6 is 0 Å². The largest absolute Gasteiger partial charge is 0.507 e. The number of nitrogens with one attached hydrogen (secondary N) is 1. The SMILES string of the molecule is C/C=C/C[C@H](C)C[C@H](C)C(=O)c1c(O)cc[nH]c1=O. The summed E-state index contributed by atoms with van der Waals surface area (Å²) in [6.45, 7) is 5.82. The van der Waals surface area contributed by atoms with Crippen molar-refractivity contribution in [3.63, 3.8) is 0 Å². The highest BCUT2D eigenvalue weighted by Crippen LogP contribution is 2.22. The molecule has 0 radical (unpaired) electrons. The molecule has 0 saturated carbocycles. The molecule has 1 heterocycles. The first-order chi connectivity index (χ1) is 8.97. The van der Waals surface area contributed by atoms with Gasteiger partial charge in [0.05, 0.1) is 0 Å². The zero-order valence-corrected chi connectivity index (χ0v) is 11.6. The number of aromatic amines is 1. The Balaban J connectivity index is 2.80. The molecule has 0 aliphatic carbocycles. The molecule has 0 aliphatic heterocycles. The second-order valence-electron chi connectivity index (χ2n) is 4.98. The fourth-order valence-electron chi connectivity index (χ4n) is 2.13. The van der Waals surface area contributed by atoms with Gasteiger partial charge in [0.1, 0.15) is 11.3 Å². The Bertz CT molecular complexity index is 516. The lowest BCUT2D eigenvalue weighted by molar-refractivity contribution is 0.0909. The van der Waals surface area contributed by atoms with Crippen LogP contribution in [0.15, 0.2) is 29.2 Å². The lowest BCUT2D eigenvalue weighted by Crippen LogP contribution is -2.23. The first kappa shape index (κ1) is 15.2. The van der Waals surface area contributed by atoms with Crippen LogP contribution in [0.3, 0.4) is 0 Å². The van der Waals surface area contributed by atoms with E-state index in [2.05, 4.69) is 18.0 Å². The molecule has 0 fully saturated rings. The lowest BCUT2D eigenvalue weighted by atomic mass is 9.89. The molecular weight excluding hydrogens is 242 g/mol. The minimum atomic E-state index is -0.530. The molecule has 19 heavy (non-hydrogen) atoms. The van der Waals surface area contributed by atoms with E-state index in [4.69, 9.17) is 0 Å². The molecule has 0 unspecified atom stereocenters. The van der Waals surface area contributed by atoms with Gasteiger partial charge in [-0.15, -0.1) is 0 Å². The van der Waals surface area contributed by atoms with Crippen molar-refractivity contribution in [3.8, 4) is 5.75 Å². The Hall–Kier alpha value is -1.84. The number of carbonyl (C=O) groups is 1. The Labute approximate surface area is 113 Å². The highest BCUT2D eigenvalue weighted by Gasteiger charge is 2.22. The molecule has 1 aromatic rings. The van der Waals surface area contributed by atoms with Gasteiger partial charge in [-0.3, -0.25) is 9.59 Å². The fourth-order valence-corrected chi connectivity index (χ4v) is 2.13. The van der Waals surface area contributed by atoms with Crippen LogP contribution in [0.4, 0.5) is 0 Å². The van der Waals surface area contributed by atoms with Crippen molar-refractivity contribution >= 4 is 5.78 Å². The van der Waals surface area contributed by atoms with Crippen LogP contribution in [-0.4, -0.2) is 15.9 Å². The van der Waals surface area contributed by atoms with Crippen LogP contribution < -0.4 is 5.56 Å². The van der Waals surface area contributed by atoms with Crippen molar-refractivity contribution in [1.82, 2.24) is 4.98 Å². The second-order valence-corrected chi connectivity index (χ2v) is 4.98. The Morgan fingerprint density at radius 2 is 2.16 bits per heavy atom. The van der Waals surface area contributed by atoms with Gasteiger partial charge in [-0.25, -0.2) is 0 Å². The summed E-state index contributed by atoms with van der Waals surface area (Å²) < 4.78 is 0. The number of H-pyrrole nitrogens is 1. The summed E-state index contributed by atoms with van der Waals surface area (Å²) in [4.78, 5) is 26.2. The summed E-state index contributed by atoms with van der Waals surface area (Å²) in [5, 5.41) is 9.63. The Morgan fingerprint density at radius 3 is 2.74 bits per heavy atom. The number of aromatic nitrogens is 1. The molecule has 0 aliphatic rings. The van der Waals surface area contributed by atoms with Gasteiger partial charge in [0.15, 0.2) is 5.78 Å². The first-order valence-corrected chi connectivity index (χ1v) is 6.53. The fraction of sp³-hybridized carbons (Fsp3) is 0.467. The molecule has 1 aromatic heterocycles. The highest BCUT2D eigenvalue weighted by atomic mass is 16.3. The minimum Gasteiger partial charge on any atom is -0.507 e. The van der Waals surface area contributed by atoms with Crippen LogP contribution in [0.2, 0.25) is 0 Å². The van der Waals surface area contributed by atoms with Gasteiger partial charge in [-0.05, 0) is 31.7 Å². The molecule has 0 spiro atoms. The van der Waals surface area contributed by atoms with Gasteiger partial charge in [0, 0.05) is 12.1 Å². The molecule has 4 heteroatoms. The Kier molecular flexibility index (Phi) is 5.55. The summed E-state index contributed by atoms with van der Waals surface area (Å²) in [5.74, 6) is -0.469. The molecule has 2 N–H and O–H groups in total. The maximum atomic E-state index is 12.2. The standard InChI is InChI=1S/C15H21NO3/c1-4-5-6-10(2)9-11(3)14(18)13-12(17)7-8-16-15(13)19/h4-5,7-8,10-11H,6,9H2,1-3H3,(H2,16,17,19)/b5-4+/t10-,11-/m0/s1. The van der Waals surface area contributed by atoms with Gasteiger partial charge in [0.25, 0.3) is 5.56 Å². The average Bonchev–Trinajstić information content (AvgIpc) is 2.35. The molecular formula is C15H21NO3. The van der Waals surface area contributed by atoms with E-state index < -0.39 is 5.56 Å². The van der Waals surface area contributed by atoms with E-state index in [-0.39, 0.29) is 23.0 Å². The van der Waals surface area contributed by atoms with Crippen LogP contribution in [0.5, 0.6) is 5.75 Å². The van der Waals surface area contributed by atoms with Crippen molar-refractivity contribution in [1.29, 1.82) is 0 Å². The van der Waals surface area contributed by atoms with Crippen molar-refractivity contribution in [2.75, 3.05) is 0 Å². The lowest BCUT2D eigenvalue weighted by Gasteiger charge is -2.15. The third-order valence-corrected chi connectivity index (χ3v) is 3.16. The maximum absolute atomic E-state index is 12.2. The predicted molar refractivity (Wildman–Crippen MR) is 75.4 cm³/mol. The van der Waals surface area contributed by atoms with Crippen LogP contribution in [0.25, 0.3) is 0 Å². The van der Waals surface area contributed by atoms with Crippen molar-refractivity contribution in [3.05, 3.63) is 40.3 Å². The van der Waals surface area contributed by atoms with E-state index in [9.17, 15) is 14.7 Å². The normalized spacial score (nSPS) is 14.5. The molecule has 1 rings (SSSR count). The number of aromatic hydroxyl groups is 1. The number of ketones is 1. The molecule has 104 valence electrons. The third-order valence-electron chi connectivity index (χ3n) is 3.16. The maximum Gasteiger partial charge on any atom is 0.262 e. The van der Waals surface area contributed by atoms with Crippen molar-refractivity contribution in [2.24, 2.45) is 11.8 Å². The van der Waals surface area contributed by atoms with Crippen molar-refractivity contribution in [2.45, 2.75) is 33.6 Å². The number of carbonyl (C=O) groups excluding carboxylic acids is 1. The Morgan fingerprint density at radius 1 is 1.47 bits per heavy atom. The monoisotopic (exact) mass is 263 g/mol. The number of Topliss-reactive ketones (excluding diaryl/α,β-unsaturated/α-hetero) is 1. The van der Waals surface area contributed by atoms with E-state index in [1.807, 2.05) is 13.0 Å². The summed E-state index contributed by atoms with van der Waals surface area (Å²) >= 11 is 0. The molecule has 2 atom stereocenters. The van der Waals surface area contributed by atoms with E-state index in [1.165, 1.54) is 12.3 Å². The smallest absolute Gasteiger partial charge is 0.262 e. The molecule has 0 amide bonds. The van der Waals surface area contributed by atoms with E-state index >= 15 is 0 Å². The van der Waals surface area contributed by atoms with Crippen LogP contribution in [0, 0.1) is 11.8 Å². The van der Waals surface area contributed by atoms with Gasteiger partial charge in [-0.1, -0.05) is 26.0 Å². The number of pyridine rings is 1. The third kappa shape index (κ3) is 4.09. The number of rotatable bonds is 6. The predicted octanol–water partition coefficient (Wildman–Crippen LogP) is 2.89. The number of hydrogen-bond acceptors (Lipinski definition) is 3. The number of allylic oxidation sites excluding steroid dienone is 2. The molecule has 0 saturated heterocycles. The van der Waals surface area contributed by atoms with Crippen molar-refractivity contribution < 1.29 is 9.90 Å². The summed E-state index contributed by atoms with van der Waals surface area (Å²) in [7, 11) is 0. The zero-order chi connectivity index (χ0) is 14.4. The first-order valence-electron chi connectivity index (χ1n) is 6.53. The van der Waals surface area contributed by atoms with E-state index in [0.717, 1.165) is 6.42 Å². The van der Waals surface area contributed by atoms with Crippen LogP contribution in [-0.2, 0) is 0 Å².